The number of anilines is 1. The molecule has 2 aliphatic rings. The molecule has 1 amide bonds. The number of carbonyl (C=O) groups excluding carboxylic acids is 1. The number of thioether (sulfide) groups is 1. The molecule has 3 aromatic rings. The summed E-state index contributed by atoms with van der Waals surface area (Å²) in [5, 5.41) is 30.5. The summed E-state index contributed by atoms with van der Waals surface area (Å²) in [6.07, 6.45) is 3.35. The van der Waals surface area contributed by atoms with E-state index in [0.717, 1.165) is 12.1 Å². The first-order chi connectivity index (χ1) is 15.5. The van der Waals surface area contributed by atoms with Crippen LogP contribution in [0.15, 0.2) is 41.6 Å². The molecule has 0 atom stereocenters. The second kappa shape index (κ2) is 8.09. The minimum Gasteiger partial charge on any atom is -0.478 e. The molecule has 0 bridgehead atoms. The van der Waals surface area contributed by atoms with Gasteiger partial charge in [-0.25, -0.2) is 4.79 Å². The number of aromatic carboxylic acids is 1. The van der Waals surface area contributed by atoms with E-state index in [0.29, 0.717) is 23.3 Å². The molecule has 10 heteroatoms. The van der Waals surface area contributed by atoms with Crippen LogP contribution in [0.5, 0.6) is 0 Å². The predicted octanol–water partition coefficient (Wildman–Crippen LogP) is 2.79. The molecule has 0 saturated heterocycles. The summed E-state index contributed by atoms with van der Waals surface area (Å²) in [5.74, 6) is -0.342. The molecule has 32 heavy (non-hydrogen) atoms. The van der Waals surface area contributed by atoms with Crippen molar-refractivity contribution in [2.75, 3.05) is 17.2 Å². The Kier molecular flexibility index (Phi) is 5.11. The number of amides is 1. The SMILES string of the molecule is N#Cc1cc(C(=O)O)ccc1-n1nnnc1SCC(=O)N1CCc2cc(C3CC3)ccc21. The number of tetrazole rings is 1. The van der Waals surface area contributed by atoms with Crippen LogP contribution in [-0.4, -0.2) is 49.5 Å². The number of carboxylic acid groups (broad SMARTS) is 1. The molecule has 1 saturated carbocycles. The van der Waals surface area contributed by atoms with Crippen LogP contribution in [0.4, 0.5) is 5.69 Å². The first-order valence-corrected chi connectivity index (χ1v) is 11.2. The van der Waals surface area contributed by atoms with Gasteiger partial charge < -0.3 is 10.0 Å². The maximum Gasteiger partial charge on any atom is 0.335 e. The third-order valence-electron chi connectivity index (χ3n) is 5.71. The van der Waals surface area contributed by atoms with Gasteiger partial charge in [-0.2, -0.15) is 9.94 Å². The highest BCUT2D eigenvalue weighted by Crippen LogP contribution is 2.42. The molecule has 1 aromatic heterocycles. The van der Waals surface area contributed by atoms with Crippen LogP contribution in [0.1, 0.15) is 45.8 Å². The van der Waals surface area contributed by atoms with Crippen LogP contribution in [0.2, 0.25) is 0 Å². The van der Waals surface area contributed by atoms with Crippen LogP contribution >= 0.6 is 11.8 Å². The molecule has 0 radical (unpaired) electrons. The lowest BCUT2D eigenvalue weighted by atomic mass is 10.1. The minimum atomic E-state index is -1.12. The number of carbonyl (C=O) groups is 2. The highest BCUT2D eigenvalue weighted by molar-refractivity contribution is 7.99. The number of rotatable bonds is 6. The van der Waals surface area contributed by atoms with Crippen molar-refractivity contribution in [3.8, 4) is 11.8 Å². The number of benzene rings is 2. The summed E-state index contributed by atoms with van der Waals surface area (Å²) in [4.78, 5) is 25.9. The smallest absolute Gasteiger partial charge is 0.335 e. The zero-order chi connectivity index (χ0) is 22.2. The number of nitrogens with zero attached hydrogens (tertiary/aromatic N) is 6. The van der Waals surface area contributed by atoms with Gasteiger partial charge >= 0.3 is 5.97 Å². The average Bonchev–Trinajstić information content (AvgIpc) is 3.40. The Bertz CT molecular complexity index is 1280. The summed E-state index contributed by atoms with van der Waals surface area (Å²) in [5.41, 5.74) is 4.04. The highest BCUT2D eigenvalue weighted by atomic mass is 32.2. The molecule has 2 heterocycles. The van der Waals surface area contributed by atoms with Crippen molar-refractivity contribution < 1.29 is 14.7 Å². The quantitative estimate of drug-likeness (QED) is 0.573. The summed E-state index contributed by atoms with van der Waals surface area (Å²) in [6, 6.07) is 12.5. The Balaban J connectivity index is 1.32. The Morgan fingerprint density at radius 1 is 1.19 bits per heavy atom. The number of fused-ring (bicyclic) bond motifs is 1. The second-order valence-electron chi connectivity index (χ2n) is 7.77. The molecule has 1 aliphatic carbocycles. The summed E-state index contributed by atoms with van der Waals surface area (Å²) >= 11 is 1.18. The van der Waals surface area contributed by atoms with Crippen molar-refractivity contribution in [2.45, 2.75) is 30.3 Å². The van der Waals surface area contributed by atoms with E-state index < -0.39 is 5.97 Å². The van der Waals surface area contributed by atoms with E-state index in [2.05, 4.69) is 27.7 Å². The lowest BCUT2D eigenvalue weighted by Gasteiger charge is -2.17. The van der Waals surface area contributed by atoms with Gasteiger partial charge in [0.15, 0.2) is 0 Å². The van der Waals surface area contributed by atoms with Gasteiger partial charge in [-0.1, -0.05) is 23.9 Å². The molecular formula is C22H18N6O3S. The Morgan fingerprint density at radius 3 is 2.75 bits per heavy atom. The van der Waals surface area contributed by atoms with Crippen LogP contribution < -0.4 is 4.90 Å². The zero-order valence-corrected chi connectivity index (χ0v) is 17.7. The van der Waals surface area contributed by atoms with Crippen LogP contribution in [0.25, 0.3) is 5.69 Å². The highest BCUT2D eigenvalue weighted by Gasteiger charge is 2.29. The van der Waals surface area contributed by atoms with E-state index >= 15 is 0 Å². The predicted molar refractivity (Wildman–Crippen MR) is 116 cm³/mol. The van der Waals surface area contributed by atoms with Crippen molar-refractivity contribution in [3.05, 3.63) is 58.7 Å². The minimum absolute atomic E-state index is 0.000275. The van der Waals surface area contributed by atoms with Gasteiger partial charge in [0, 0.05) is 12.2 Å². The fourth-order valence-corrected chi connectivity index (χ4v) is 4.68. The third kappa shape index (κ3) is 3.71. The molecule has 5 rings (SSSR count). The number of aromatic nitrogens is 4. The first-order valence-electron chi connectivity index (χ1n) is 10.2. The Morgan fingerprint density at radius 2 is 2.00 bits per heavy atom. The van der Waals surface area contributed by atoms with E-state index in [4.69, 9.17) is 5.11 Å². The fraction of sp³-hybridized carbons (Fsp3) is 0.273. The van der Waals surface area contributed by atoms with Gasteiger partial charge in [0.05, 0.1) is 22.6 Å². The molecule has 0 spiro atoms. The number of hydrogen-bond donors (Lipinski definition) is 1. The second-order valence-corrected chi connectivity index (χ2v) is 8.71. The molecule has 160 valence electrons. The van der Waals surface area contributed by atoms with Crippen LogP contribution in [0, 0.1) is 11.3 Å². The monoisotopic (exact) mass is 446 g/mol. The molecule has 1 fully saturated rings. The van der Waals surface area contributed by atoms with E-state index in [1.807, 2.05) is 12.1 Å². The Hall–Kier alpha value is -3.71. The van der Waals surface area contributed by atoms with E-state index in [1.165, 1.54) is 58.6 Å². The van der Waals surface area contributed by atoms with Crippen molar-refractivity contribution in [2.24, 2.45) is 0 Å². The molecule has 1 aliphatic heterocycles. The lowest BCUT2D eigenvalue weighted by molar-refractivity contribution is -0.116. The lowest BCUT2D eigenvalue weighted by Crippen LogP contribution is -2.30. The standard InChI is InChI=1S/C22H18N6O3S/c23-11-17-10-16(21(30)31)4-6-19(17)28-22(24-25-26-28)32-12-20(29)27-8-7-15-9-14(13-1-2-13)3-5-18(15)27/h3-6,9-10,13H,1-2,7-8,12H2,(H,30,31). The van der Waals surface area contributed by atoms with Crippen molar-refractivity contribution in [1.82, 2.24) is 20.2 Å². The maximum absolute atomic E-state index is 12.9. The van der Waals surface area contributed by atoms with Gasteiger partial charge in [0.25, 0.3) is 0 Å². The van der Waals surface area contributed by atoms with Crippen LogP contribution in [-0.2, 0) is 11.2 Å². The van der Waals surface area contributed by atoms with Gasteiger partial charge in [0.1, 0.15) is 6.07 Å². The summed E-state index contributed by atoms with van der Waals surface area (Å²) in [7, 11) is 0. The van der Waals surface area contributed by atoms with Crippen LogP contribution in [0.3, 0.4) is 0 Å². The van der Waals surface area contributed by atoms with Crippen molar-refractivity contribution >= 4 is 29.3 Å². The Labute approximate surface area is 187 Å². The van der Waals surface area contributed by atoms with E-state index in [1.54, 1.807) is 4.90 Å². The molecular weight excluding hydrogens is 428 g/mol. The molecule has 1 N–H and O–H groups in total. The molecule has 9 nitrogen and oxygen atoms in total. The van der Waals surface area contributed by atoms with Gasteiger partial charge in [-0.15, -0.1) is 5.10 Å². The van der Waals surface area contributed by atoms with Crippen molar-refractivity contribution in [3.63, 3.8) is 0 Å². The summed E-state index contributed by atoms with van der Waals surface area (Å²) < 4.78 is 1.35. The maximum atomic E-state index is 12.9. The van der Waals surface area contributed by atoms with Gasteiger partial charge in [-0.05, 0) is 71.0 Å². The van der Waals surface area contributed by atoms with E-state index in [9.17, 15) is 14.9 Å². The molecule has 0 unspecified atom stereocenters. The topological polar surface area (TPSA) is 125 Å². The van der Waals surface area contributed by atoms with Gasteiger partial charge in [-0.3, -0.25) is 4.79 Å². The van der Waals surface area contributed by atoms with Gasteiger partial charge in [0.2, 0.25) is 11.1 Å². The molecule has 2 aromatic carbocycles. The number of hydrogen-bond acceptors (Lipinski definition) is 7. The average molecular weight is 446 g/mol. The van der Waals surface area contributed by atoms with Crippen molar-refractivity contribution in [1.29, 1.82) is 5.26 Å². The third-order valence-corrected chi connectivity index (χ3v) is 6.61. The number of nitriles is 1. The summed E-state index contributed by atoms with van der Waals surface area (Å²) in [6.45, 7) is 0.656. The first kappa shape index (κ1) is 20.2. The van der Waals surface area contributed by atoms with E-state index in [-0.39, 0.29) is 22.8 Å². The fourth-order valence-electron chi connectivity index (χ4n) is 3.92. The zero-order valence-electron chi connectivity index (χ0n) is 16.9. The number of carboxylic acids is 1. The largest absolute Gasteiger partial charge is 0.478 e. The normalized spacial score (nSPS) is 14.8.